The van der Waals surface area contributed by atoms with Crippen molar-refractivity contribution in [2.75, 3.05) is 32.1 Å². The average molecular weight is 440 g/mol. The van der Waals surface area contributed by atoms with Crippen LogP contribution < -0.4 is 4.90 Å². The van der Waals surface area contributed by atoms with Crippen molar-refractivity contribution < 1.29 is 13.2 Å². The Hall–Kier alpha value is -2.86. The minimum Gasteiger partial charge on any atom is -0.341 e. The summed E-state index contributed by atoms with van der Waals surface area (Å²) in [7, 11) is 4.06. The van der Waals surface area contributed by atoms with Gasteiger partial charge in [-0.15, -0.1) is 0 Å². The normalized spacial score (nSPS) is 14.6. The lowest BCUT2D eigenvalue weighted by Gasteiger charge is -2.32. The Bertz CT molecular complexity index is 997. The number of hydrogen-bond donors (Lipinski definition) is 0. The molecule has 168 valence electrons. The van der Waals surface area contributed by atoms with Crippen LogP contribution in [-0.4, -0.2) is 37.1 Å². The fraction of sp³-hybridized carbons (Fsp3) is 0.346. The number of para-hydroxylation sites is 2. The van der Waals surface area contributed by atoms with Crippen molar-refractivity contribution in [1.82, 2.24) is 9.88 Å². The van der Waals surface area contributed by atoms with Crippen molar-refractivity contribution in [3.8, 4) is 0 Å². The number of aryl methyl sites for hydroxylation is 2. The van der Waals surface area contributed by atoms with Gasteiger partial charge in [0.2, 0.25) is 0 Å². The van der Waals surface area contributed by atoms with E-state index in [-0.39, 0.29) is 5.92 Å². The third kappa shape index (κ3) is 5.13. The molecular formula is C26H28F3N3. The molecule has 0 amide bonds. The second-order valence-corrected chi connectivity index (χ2v) is 8.75. The highest BCUT2D eigenvalue weighted by Gasteiger charge is 2.32. The zero-order chi connectivity index (χ0) is 22.7. The van der Waals surface area contributed by atoms with Gasteiger partial charge in [0.05, 0.1) is 0 Å². The SMILES string of the molecule is CN(C)CC(Cc1ccc(C(F)(F)F)nc1)CN1c2ccccc2CCc2ccccc21. The molecule has 0 spiro atoms. The van der Waals surface area contributed by atoms with Crippen molar-refractivity contribution >= 4 is 11.4 Å². The highest BCUT2D eigenvalue weighted by Crippen LogP contribution is 2.37. The van der Waals surface area contributed by atoms with E-state index in [4.69, 9.17) is 0 Å². The first-order valence-corrected chi connectivity index (χ1v) is 10.9. The molecule has 6 heteroatoms. The molecule has 32 heavy (non-hydrogen) atoms. The van der Waals surface area contributed by atoms with E-state index in [2.05, 4.69) is 63.3 Å². The van der Waals surface area contributed by atoms with Gasteiger partial charge in [0.15, 0.2) is 0 Å². The number of hydrogen-bond acceptors (Lipinski definition) is 3. The molecule has 0 N–H and O–H groups in total. The summed E-state index contributed by atoms with van der Waals surface area (Å²) in [4.78, 5) is 8.19. The van der Waals surface area contributed by atoms with E-state index < -0.39 is 11.9 Å². The van der Waals surface area contributed by atoms with Crippen LogP contribution in [0.25, 0.3) is 0 Å². The van der Waals surface area contributed by atoms with Gasteiger partial charge in [0.25, 0.3) is 0 Å². The Morgan fingerprint density at radius 3 is 2.00 bits per heavy atom. The van der Waals surface area contributed by atoms with E-state index in [9.17, 15) is 13.2 Å². The number of anilines is 2. The Morgan fingerprint density at radius 2 is 1.50 bits per heavy atom. The molecule has 4 rings (SSSR count). The lowest BCUT2D eigenvalue weighted by atomic mass is 9.98. The van der Waals surface area contributed by atoms with E-state index in [0.717, 1.165) is 37.6 Å². The summed E-state index contributed by atoms with van der Waals surface area (Å²) in [6.45, 7) is 1.59. The molecule has 0 bridgehead atoms. The zero-order valence-corrected chi connectivity index (χ0v) is 18.4. The van der Waals surface area contributed by atoms with Crippen LogP contribution in [0.1, 0.15) is 22.4 Å². The number of nitrogens with zero attached hydrogens (tertiary/aromatic N) is 3. The first kappa shape index (κ1) is 22.3. The number of halogens is 3. The molecule has 0 fully saturated rings. The van der Waals surface area contributed by atoms with Crippen molar-refractivity contribution in [1.29, 1.82) is 0 Å². The van der Waals surface area contributed by atoms with E-state index in [1.54, 1.807) is 6.07 Å². The van der Waals surface area contributed by atoms with Gasteiger partial charge in [0, 0.05) is 30.7 Å². The fourth-order valence-electron chi connectivity index (χ4n) is 4.57. The standard InChI is InChI=1S/C26H28F3N3/c1-31(2)17-20(15-19-11-14-25(30-16-19)26(27,28)29)18-32-23-9-5-3-7-21(23)12-13-22-8-4-6-10-24(22)32/h3-11,14,16,20H,12-13,15,17-18H2,1-2H3. The Kier molecular flexibility index (Phi) is 6.51. The molecule has 2 aromatic carbocycles. The summed E-state index contributed by atoms with van der Waals surface area (Å²) < 4.78 is 38.7. The van der Waals surface area contributed by atoms with Gasteiger partial charge >= 0.3 is 6.18 Å². The minimum absolute atomic E-state index is 0.211. The van der Waals surface area contributed by atoms with E-state index >= 15 is 0 Å². The molecule has 0 saturated carbocycles. The fourth-order valence-corrected chi connectivity index (χ4v) is 4.57. The van der Waals surface area contributed by atoms with Gasteiger partial charge in [-0.1, -0.05) is 42.5 Å². The predicted octanol–water partition coefficient (Wildman–Crippen LogP) is 5.76. The summed E-state index contributed by atoms with van der Waals surface area (Å²) >= 11 is 0. The van der Waals surface area contributed by atoms with E-state index in [0.29, 0.717) is 6.42 Å². The van der Waals surface area contributed by atoms with Gasteiger partial charge in [-0.05, 0) is 74.2 Å². The Labute approximate surface area is 187 Å². The maximum Gasteiger partial charge on any atom is 0.433 e. The topological polar surface area (TPSA) is 19.4 Å². The monoisotopic (exact) mass is 439 g/mol. The summed E-state index contributed by atoms with van der Waals surface area (Å²) in [5, 5.41) is 0. The van der Waals surface area contributed by atoms with Crippen LogP contribution in [0.5, 0.6) is 0 Å². The molecule has 3 aromatic rings. The number of alkyl halides is 3. The number of fused-ring (bicyclic) bond motifs is 2. The van der Waals surface area contributed by atoms with E-state index in [1.165, 1.54) is 28.7 Å². The summed E-state index contributed by atoms with van der Waals surface area (Å²) in [6, 6.07) is 19.7. The molecule has 1 unspecified atom stereocenters. The van der Waals surface area contributed by atoms with Gasteiger partial charge in [0.1, 0.15) is 5.69 Å². The zero-order valence-electron chi connectivity index (χ0n) is 18.4. The van der Waals surface area contributed by atoms with Gasteiger partial charge in [-0.3, -0.25) is 4.98 Å². The molecule has 0 radical (unpaired) electrons. The molecule has 0 saturated heterocycles. The van der Waals surface area contributed by atoms with Crippen LogP contribution >= 0.6 is 0 Å². The van der Waals surface area contributed by atoms with E-state index in [1.807, 2.05) is 14.1 Å². The van der Waals surface area contributed by atoms with Crippen LogP contribution in [-0.2, 0) is 25.4 Å². The molecule has 3 nitrogen and oxygen atoms in total. The third-order valence-electron chi connectivity index (χ3n) is 5.93. The second kappa shape index (κ2) is 9.33. The molecule has 2 heterocycles. The van der Waals surface area contributed by atoms with Crippen LogP contribution in [0.15, 0.2) is 66.9 Å². The molecule has 0 aliphatic carbocycles. The maximum absolute atomic E-state index is 12.9. The molecule has 1 atom stereocenters. The van der Waals surface area contributed by atoms with Crippen molar-refractivity contribution in [2.24, 2.45) is 5.92 Å². The lowest BCUT2D eigenvalue weighted by molar-refractivity contribution is -0.141. The smallest absolute Gasteiger partial charge is 0.341 e. The number of benzene rings is 2. The first-order chi connectivity index (χ1) is 15.3. The number of rotatable bonds is 6. The maximum atomic E-state index is 12.9. The predicted molar refractivity (Wildman–Crippen MR) is 122 cm³/mol. The molecule has 1 aliphatic rings. The van der Waals surface area contributed by atoms with Crippen LogP contribution in [0.2, 0.25) is 0 Å². The van der Waals surface area contributed by atoms with Crippen molar-refractivity contribution in [2.45, 2.75) is 25.4 Å². The second-order valence-electron chi connectivity index (χ2n) is 8.75. The summed E-state index contributed by atoms with van der Waals surface area (Å²) in [5.74, 6) is 0.211. The van der Waals surface area contributed by atoms with Gasteiger partial charge in [-0.25, -0.2) is 0 Å². The Morgan fingerprint density at radius 1 is 0.906 bits per heavy atom. The average Bonchev–Trinajstić information content (AvgIpc) is 2.91. The van der Waals surface area contributed by atoms with Crippen LogP contribution in [0.3, 0.4) is 0 Å². The van der Waals surface area contributed by atoms with Crippen LogP contribution in [0, 0.1) is 5.92 Å². The minimum atomic E-state index is -4.42. The van der Waals surface area contributed by atoms with Gasteiger partial charge in [-0.2, -0.15) is 13.2 Å². The Balaban J connectivity index is 1.64. The quantitative estimate of drug-likeness (QED) is 0.487. The lowest BCUT2D eigenvalue weighted by Crippen LogP contribution is -2.33. The molecule has 1 aromatic heterocycles. The van der Waals surface area contributed by atoms with Crippen molar-refractivity contribution in [3.63, 3.8) is 0 Å². The van der Waals surface area contributed by atoms with Gasteiger partial charge < -0.3 is 9.80 Å². The van der Waals surface area contributed by atoms with Crippen LogP contribution in [0.4, 0.5) is 24.5 Å². The summed E-state index contributed by atoms with van der Waals surface area (Å²) in [6.07, 6.45) is -0.406. The highest BCUT2D eigenvalue weighted by atomic mass is 19.4. The highest BCUT2D eigenvalue weighted by molar-refractivity contribution is 5.71. The largest absolute Gasteiger partial charge is 0.433 e. The number of pyridine rings is 1. The molecular weight excluding hydrogens is 411 g/mol. The first-order valence-electron chi connectivity index (χ1n) is 10.9. The molecule has 1 aliphatic heterocycles. The third-order valence-corrected chi connectivity index (χ3v) is 5.93. The number of aromatic nitrogens is 1. The summed E-state index contributed by atoms with van der Waals surface area (Å²) in [5.41, 5.74) is 5.05. The van der Waals surface area contributed by atoms with Crippen molar-refractivity contribution in [3.05, 3.63) is 89.2 Å².